The van der Waals surface area contributed by atoms with Gasteiger partial charge in [-0.3, -0.25) is 5.43 Å². The van der Waals surface area contributed by atoms with Crippen molar-refractivity contribution in [3.05, 3.63) is 62.6 Å². The maximum absolute atomic E-state index is 6.15. The van der Waals surface area contributed by atoms with E-state index >= 15 is 0 Å². The summed E-state index contributed by atoms with van der Waals surface area (Å²) >= 11 is 23.2. The van der Waals surface area contributed by atoms with Crippen LogP contribution in [0.3, 0.4) is 0 Å². The smallest absolute Gasteiger partial charge is 0.186 e. The van der Waals surface area contributed by atoms with E-state index in [0.717, 1.165) is 5.56 Å². The van der Waals surface area contributed by atoms with Crippen molar-refractivity contribution in [3.63, 3.8) is 0 Å². The van der Waals surface area contributed by atoms with E-state index in [1.807, 2.05) is 24.3 Å². The molecule has 0 bridgehead atoms. The van der Waals surface area contributed by atoms with E-state index in [0.29, 0.717) is 31.5 Å². The summed E-state index contributed by atoms with van der Waals surface area (Å²) in [5.74, 6) is 0.679. The largest absolute Gasteiger partial charge is 0.489 e. The van der Waals surface area contributed by atoms with Crippen LogP contribution in [0.4, 0.5) is 0 Å². The second kappa shape index (κ2) is 9.08. The van der Waals surface area contributed by atoms with Crippen LogP contribution >= 0.6 is 47.0 Å². The Bertz CT molecular complexity index is 751. The molecule has 8 heteroatoms. The SMILES string of the molecule is CNC(=S)N/N=C/c1ccc(OCc2c(Cl)ccc(Cl)c2Cl)cc1. The molecule has 0 aliphatic carbocycles. The molecule has 24 heavy (non-hydrogen) atoms. The summed E-state index contributed by atoms with van der Waals surface area (Å²) in [5, 5.41) is 8.57. The summed E-state index contributed by atoms with van der Waals surface area (Å²) in [6, 6.07) is 10.7. The molecule has 0 unspecified atom stereocenters. The number of hydrazone groups is 1. The standard InChI is InChI=1S/C16H14Cl3N3OS/c1-20-16(24)22-21-8-10-2-4-11(5-3-10)23-9-12-13(17)6-7-14(18)15(12)19/h2-8H,9H2,1H3,(H2,20,22,24)/b21-8+. The van der Waals surface area contributed by atoms with Gasteiger partial charge >= 0.3 is 0 Å². The van der Waals surface area contributed by atoms with Crippen molar-refractivity contribution in [2.45, 2.75) is 6.61 Å². The fourth-order valence-electron chi connectivity index (χ4n) is 1.73. The van der Waals surface area contributed by atoms with Crippen LogP contribution in [0, 0.1) is 0 Å². The molecule has 2 rings (SSSR count). The van der Waals surface area contributed by atoms with E-state index in [1.165, 1.54) is 0 Å². The van der Waals surface area contributed by atoms with Crippen molar-refractivity contribution >= 4 is 58.3 Å². The third kappa shape index (κ3) is 5.24. The second-order valence-corrected chi connectivity index (χ2v) is 6.23. The quantitative estimate of drug-likeness (QED) is 0.331. The van der Waals surface area contributed by atoms with Crippen LogP contribution in [-0.2, 0) is 6.61 Å². The molecule has 0 aromatic heterocycles. The number of hydrogen-bond donors (Lipinski definition) is 2. The van der Waals surface area contributed by atoms with E-state index < -0.39 is 0 Å². The maximum atomic E-state index is 6.15. The van der Waals surface area contributed by atoms with Gasteiger partial charge in [0.15, 0.2) is 5.11 Å². The Morgan fingerprint density at radius 2 is 1.79 bits per heavy atom. The highest BCUT2D eigenvalue weighted by atomic mass is 35.5. The number of nitrogens with zero attached hydrogens (tertiary/aromatic N) is 1. The molecule has 0 atom stereocenters. The van der Waals surface area contributed by atoms with E-state index in [4.69, 9.17) is 51.8 Å². The molecule has 2 N–H and O–H groups in total. The van der Waals surface area contributed by atoms with Gasteiger partial charge in [-0.15, -0.1) is 0 Å². The lowest BCUT2D eigenvalue weighted by Crippen LogP contribution is -2.28. The fourth-order valence-corrected chi connectivity index (χ4v) is 2.44. The lowest BCUT2D eigenvalue weighted by atomic mass is 10.2. The predicted octanol–water partition coefficient (Wildman–Crippen LogP) is 4.65. The number of benzene rings is 2. The highest BCUT2D eigenvalue weighted by molar-refractivity contribution is 7.80. The van der Waals surface area contributed by atoms with Gasteiger partial charge in [-0.05, 0) is 54.2 Å². The number of rotatable bonds is 5. The van der Waals surface area contributed by atoms with E-state index in [1.54, 1.807) is 25.4 Å². The molecule has 0 aliphatic heterocycles. The minimum Gasteiger partial charge on any atom is -0.489 e. The first-order valence-corrected chi connectivity index (χ1v) is 8.41. The van der Waals surface area contributed by atoms with Crippen molar-refractivity contribution in [1.82, 2.24) is 10.7 Å². The van der Waals surface area contributed by atoms with Crippen molar-refractivity contribution in [3.8, 4) is 5.75 Å². The molecule has 0 radical (unpaired) electrons. The summed E-state index contributed by atoms with van der Waals surface area (Å²) in [7, 11) is 1.72. The molecule has 0 saturated heterocycles. The van der Waals surface area contributed by atoms with Crippen molar-refractivity contribution in [1.29, 1.82) is 0 Å². The molecule has 2 aromatic rings. The third-order valence-corrected chi connectivity index (χ3v) is 4.50. The Morgan fingerprint density at radius 3 is 2.46 bits per heavy atom. The van der Waals surface area contributed by atoms with Gasteiger partial charge in [0, 0.05) is 17.6 Å². The van der Waals surface area contributed by atoms with Crippen LogP contribution in [0.2, 0.25) is 15.1 Å². The summed E-state index contributed by atoms with van der Waals surface area (Å²) in [6.07, 6.45) is 1.65. The summed E-state index contributed by atoms with van der Waals surface area (Å²) < 4.78 is 5.71. The van der Waals surface area contributed by atoms with Crippen LogP contribution in [0.1, 0.15) is 11.1 Å². The number of hydrogen-bond acceptors (Lipinski definition) is 3. The Kier molecular flexibility index (Phi) is 7.12. The number of ether oxygens (including phenoxy) is 1. The first-order valence-electron chi connectivity index (χ1n) is 6.87. The molecule has 0 heterocycles. The van der Waals surface area contributed by atoms with Gasteiger partial charge in [-0.2, -0.15) is 5.10 Å². The minimum absolute atomic E-state index is 0.226. The average molecular weight is 403 g/mol. The molecular weight excluding hydrogens is 389 g/mol. The second-order valence-electron chi connectivity index (χ2n) is 4.63. The van der Waals surface area contributed by atoms with Gasteiger partial charge < -0.3 is 10.1 Å². The fraction of sp³-hybridized carbons (Fsp3) is 0.125. The zero-order valence-electron chi connectivity index (χ0n) is 12.6. The maximum Gasteiger partial charge on any atom is 0.186 e. The number of thiocarbonyl (C=S) groups is 1. The average Bonchev–Trinajstić information content (AvgIpc) is 2.59. The monoisotopic (exact) mass is 401 g/mol. The molecule has 4 nitrogen and oxygen atoms in total. The number of halogens is 3. The molecule has 0 amide bonds. The summed E-state index contributed by atoms with van der Waals surface area (Å²) in [4.78, 5) is 0. The normalized spacial score (nSPS) is 10.7. The van der Waals surface area contributed by atoms with Crippen LogP contribution in [0.5, 0.6) is 5.75 Å². The van der Waals surface area contributed by atoms with E-state index in [9.17, 15) is 0 Å². The van der Waals surface area contributed by atoms with Gasteiger partial charge in [0.25, 0.3) is 0 Å². The Hall–Kier alpha value is -1.53. The Labute approximate surface area is 160 Å². The molecule has 0 saturated carbocycles. The molecular formula is C16H14Cl3N3OS. The topological polar surface area (TPSA) is 45.7 Å². The number of nitrogens with one attached hydrogen (secondary N) is 2. The Morgan fingerprint density at radius 1 is 1.12 bits per heavy atom. The van der Waals surface area contributed by atoms with Gasteiger partial charge in [0.2, 0.25) is 0 Å². The molecule has 2 aromatic carbocycles. The molecule has 0 fully saturated rings. The van der Waals surface area contributed by atoms with Crippen LogP contribution in [0.15, 0.2) is 41.5 Å². The third-order valence-electron chi connectivity index (χ3n) is 3.01. The van der Waals surface area contributed by atoms with Crippen LogP contribution in [0.25, 0.3) is 0 Å². The van der Waals surface area contributed by atoms with Gasteiger partial charge in [-0.25, -0.2) is 0 Å². The van der Waals surface area contributed by atoms with Crippen molar-refractivity contribution in [2.24, 2.45) is 5.10 Å². The lowest BCUT2D eigenvalue weighted by molar-refractivity contribution is 0.306. The zero-order chi connectivity index (χ0) is 17.5. The first kappa shape index (κ1) is 18.8. The zero-order valence-corrected chi connectivity index (χ0v) is 15.7. The van der Waals surface area contributed by atoms with Gasteiger partial charge in [0.1, 0.15) is 12.4 Å². The highest BCUT2D eigenvalue weighted by Crippen LogP contribution is 2.32. The van der Waals surface area contributed by atoms with Gasteiger partial charge in [-0.1, -0.05) is 34.8 Å². The minimum atomic E-state index is 0.226. The molecule has 0 aliphatic rings. The van der Waals surface area contributed by atoms with Crippen molar-refractivity contribution in [2.75, 3.05) is 7.05 Å². The predicted molar refractivity (Wildman–Crippen MR) is 105 cm³/mol. The summed E-state index contributed by atoms with van der Waals surface area (Å²) in [5.41, 5.74) is 4.23. The van der Waals surface area contributed by atoms with Crippen LogP contribution in [-0.4, -0.2) is 18.4 Å². The Balaban J connectivity index is 1.98. The summed E-state index contributed by atoms with van der Waals surface area (Å²) in [6.45, 7) is 0.226. The van der Waals surface area contributed by atoms with Crippen LogP contribution < -0.4 is 15.5 Å². The van der Waals surface area contributed by atoms with E-state index in [-0.39, 0.29) is 6.61 Å². The van der Waals surface area contributed by atoms with Gasteiger partial charge in [0.05, 0.1) is 16.3 Å². The lowest BCUT2D eigenvalue weighted by Gasteiger charge is -2.10. The molecule has 126 valence electrons. The van der Waals surface area contributed by atoms with E-state index in [2.05, 4.69) is 15.8 Å². The van der Waals surface area contributed by atoms with Crippen molar-refractivity contribution < 1.29 is 4.74 Å². The first-order chi connectivity index (χ1) is 11.5. The molecule has 0 spiro atoms. The highest BCUT2D eigenvalue weighted by Gasteiger charge is 2.10.